The molecule has 5 heteroatoms. The normalized spacial score (nSPS) is 20.1. The Morgan fingerprint density at radius 1 is 1.00 bits per heavy atom. The Hall–Kier alpha value is -0.200. The second kappa shape index (κ2) is 4.59. The lowest BCUT2D eigenvalue weighted by molar-refractivity contribution is -0.000838. The highest BCUT2D eigenvalue weighted by Crippen LogP contribution is 1.94. The average Bonchev–Trinajstić information content (AvgIpc) is 2.00. The minimum Gasteiger partial charge on any atom is -0.394 e. The van der Waals surface area contributed by atoms with E-state index in [1.54, 1.807) is 0 Å². The van der Waals surface area contributed by atoms with Crippen LogP contribution in [0.2, 0.25) is 0 Å². The lowest BCUT2D eigenvalue weighted by atomic mass is 10.1. The van der Waals surface area contributed by atoms with E-state index >= 15 is 0 Å². The van der Waals surface area contributed by atoms with Gasteiger partial charge in [-0.2, -0.15) is 0 Å². The highest BCUT2D eigenvalue weighted by molar-refractivity contribution is 4.77. The molecule has 0 aliphatic rings. The predicted octanol–water partition coefficient (Wildman–Crippen LogP) is -2.98. The van der Waals surface area contributed by atoms with E-state index in [1.807, 2.05) is 0 Å². The highest BCUT2D eigenvalue weighted by Gasteiger charge is 2.21. The maximum absolute atomic E-state index is 8.78. The van der Waals surface area contributed by atoms with Gasteiger partial charge in [0.15, 0.2) is 0 Å². The molecule has 0 amide bonds. The van der Waals surface area contributed by atoms with Crippen molar-refractivity contribution in [2.45, 2.75) is 18.2 Å². The third-order valence-corrected chi connectivity index (χ3v) is 1.26. The summed E-state index contributed by atoms with van der Waals surface area (Å²) >= 11 is 0. The summed E-state index contributed by atoms with van der Waals surface area (Å²) < 4.78 is 0. The summed E-state index contributed by atoms with van der Waals surface area (Å²) in [6, 6.07) is -0.991. The largest absolute Gasteiger partial charge is 0.394 e. The van der Waals surface area contributed by atoms with E-state index in [0.717, 1.165) is 0 Å². The lowest BCUT2D eigenvalue weighted by Gasteiger charge is -2.20. The van der Waals surface area contributed by atoms with Gasteiger partial charge in [0.05, 0.1) is 31.5 Å². The first-order valence-corrected chi connectivity index (χ1v) is 2.97. The summed E-state index contributed by atoms with van der Waals surface area (Å²) in [6.07, 6.45) is -2.36. The second-order valence-electron chi connectivity index (χ2n) is 2.08. The third-order valence-electron chi connectivity index (χ3n) is 1.26. The molecule has 0 radical (unpaired) electrons. The van der Waals surface area contributed by atoms with E-state index in [9.17, 15) is 0 Å². The number of nitrogens with two attached hydrogens (primary N) is 1. The van der Waals surface area contributed by atoms with Crippen molar-refractivity contribution >= 4 is 0 Å². The SMILES string of the molecule is N[C@H]([C@H](O)CO)[C@@H](O)CO. The monoisotopic (exact) mass is 151 g/mol. The van der Waals surface area contributed by atoms with Gasteiger partial charge in [0, 0.05) is 0 Å². The molecule has 0 saturated heterocycles. The number of hydrogen-bond donors (Lipinski definition) is 5. The number of aliphatic hydroxyl groups is 4. The van der Waals surface area contributed by atoms with Gasteiger partial charge in [-0.25, -0.2) is 0 Å². The summed E-state index contributed by atoms with van der Waals surface area (Å²) in [4.78, 5) is 0. The molecule has 10 heavy (non-hydrogen) atoms. The molecule has 0 aromatic heterocycles. The first-order valence-electron chi connectivity index (χ1n) is 2.97. The Morgan fingerprint density at radius 3 is 1.50 bits per heavy atom. The number of aliphatic hydroxyl groups excluding tert-OH is 4. The average molecular weight is 151 g/mol. The molecule has 3 atom stereocenters. The molecule has 0 unspecified atom stereocenters. The molecule has 0 fully saturated rings. The molecular weight excluding hydrogens is 138 g/mol. The third kappa shape index (κ3) is 2.59. The van der Waals surface area contributed by atoms with Crippen LogP contribution in [0.3, 0.4) is 0 Å². The minimum absolute atomic E-state index is 0.516. The highest BCUT2D eigenvalue weighted by atomic mass is 16.3. The van der Waals surface area contributed by atoms with E-state index in [2.05, 4.69) is 0 Å². The Morgan fingerprint density at radius 2 is 1.30 bits per heavy atom. The topological polar surface area (TPSA) is 107 Å². The van der Waals surface area contributed by atoms with Crippen molar-refractivity contribution in [3.8, 4) is 0 Å². The Balaban J connectivity index is 3.69. The van der Waals surface area contributed by atoms with Crippen molar-refractivity contribution in [3.05, 3.63) is 0 Å². The van der Waals surface area contributed by atoms with Crippen LogP contribution in [0.4, 0.5) is 0 Å². The molecule has 0 aliphatic heterocycles. The minimum atomic E-state index is -1.18. The molecule has 6 N–H and O–H groups in total. The van der Waals surface area contributed by atoms with Crippen LogP contribution in [0.15, 0.2) is 0 Å². The van der Waals surface area contributed by atoms with Gasteiger partial charge in [-0.1, -0.05) is 0 Å². The zero-order chi connectivity index (χ0) is 8.15. The van der Waals surface area contributed by atoms with Gasteiger partial charge < -0.3 is 26.2 Å². The lowest BCUT2D eigenvalue weighted by Crippen LogP contribution is -2.47. The van der Waals surface area contributed by atoms with Crippen LogP contribution < -0.4 is 5.73 Å². The summed E-state index contributed by atoms with van der Waals surface area (Å²) in [6.45, 7) is -1.03. The first-order chi connectivity index (χ1) is 4.63. The van der Waals surface area contributed by atoms with Gasteiger partial charge in [-0.3, -0.25) is 0 Å². The molecule has 0 heterocycles. The summed E-state index contributed by atoms with van der Waals surface area (Å²) in [5.74, 6) is 0. The fraction of sp³-hybridized carbons (Fsp3) is 1.00. The van der Waals surface area contributed by atoms with E-state index in [4.69, 9.17) is 26.2 Å². The van der Waals surface area contributed by atoms with E-state index in [0.29, 0.717) is 0 Å². The quantitative estimate of drug-likeness (QED) is 0.295. The molecule has 0 aromatic rings. The van der Waals surface area contributed by atoms with Gasteiger partial charge >= 0.3 is 0 Å². The molecule has 0 rings (SSSR count). The Labute approximate surface area is 58.7 Å². The molecule has 0 aliphatic carbocycles. The van der Waals surface area contributed by atoms with Gasteiger partial charge in [0.25, 0.3) is 0 Å². The maximum Gasteiger partial charge on any atom is 0.0947 e. The summed E-state index contributed by atoms with van der Waals surface area (Å²) in [5.41, 5.74) is 5.16. The Kier molecular flexibility index (Phi) is 4.50. The molecule has 0 bridgehead atoms. The fourth-order valence-electron chi connectivity index (χ4n) is 0.500. The van der Waals surface area contributed by atoms with Crippen molar-refractivity contribution < 1.29 is 20.4 Å². The van der Waals surface area contributed by atoms with E-state index in [1.165, 1.54) is 0 Å². The van der Waals surface area contributed by atoms with Gasteiger partial charge in [-0.05, 0) is 0 Å². The Bertz CT molecular complexity index is 79.7. The van der Waals surface area contributed by atoms with Gasteiger partial charge in [0.1, 0.15) is 0 Å². The number of rotatable bonds is 4. The standard InChI is InChI=1S/C5H13NO4/c6-5(3(9)1-7)4(10)2-8/h3-5,7-10H,1-2,6H2/t3-,4+,5-. The van der Waals surface area contributed by atoms with Crippen LogP contribution in [0.1, 0.15) is 0 Å². The van der Waals surface area contributed by atoms with Crippen molar-refractivity contribution in [1.29, 1.82) is 0 Å². The van der Waals surface area contributed by atoms with E-state index in [-0.39, 0.29) is 0 Å². The molecule has 5 nitrogen and oxygen atoms in total. The zero-order valence-electron chi connectivity index (χ0n) is 5.51. The molecule has 0 spiro atoms. The molecule has 0 saturated carbocycles. The molecular formula is C5H13NO4. The maximum atomic E-state index is 8.78. The fourth-order valence-corrected chi connectivity index (χ4v) is 0.500. The van der Waals surface area contributed by atoms with Crippen LogP contribution in [-0.4, -0.2) is 51.9 Å². The van der Waals surface area contributed by atoms with Gasteiger partial charge in [0.2, 0.25) is 0 Å². The van der Waals surface area contributed by atoms with Crippen molar-refractivity contribution in [1.82, 2.24) is 0 Å². The second-order valence-corrected chi connectivity index (χ2v) is 2.08. The van der Waals surface area contributed by atoms with Crippen LogP contribution in [-0.2, 0) is 0 Å². The zero-order valence-corrected chi connectivity index (χ0v) is 5.51. The van der Waals surface area contributed by atoms with Gasteiger partial charge in [-0.15, -0.1) is 0 Å². The summed E-state index contributed by atoms with van der Waals surface area (Å²) in [5, 5.41) is 34.2. The van der Waals surface area contributed by atoms with Crippen LogP contribution in [0.5, 0.6) is 0 Å². The van der Waals surface area contributed by atoms with E-state index < -0.39 is 31.5 Å². The smallest absolute Gasteiger partial charge is 0.0947 e. The molecule has 62 valence electrons. The van der Waals surface area contributed by atoms with Crippen LogP contribution in [0.25, 0.3) is 0 Å². The van der Waals surface area contributed by atoms with Crippen molar-refractivity contribution in [3.63, 3.8) is 0 Å². The number of hydrogen-bond acceptors (Lipinski definition) is 5. The summed E-state index contributed by atoms with van der Waals surface area (Å²) in [7, 11) is 0. The first kappa shape index (κ1) is 9.80. The molecule has 0 aromatic carbocycles. The van der Waals surface area contributed by atoms with Crippen molar-refractivity contribution in [2.75, 3.05) is 13.2 Å². The van der Waals surface area contributed by atoms with Crippen LogP contribution in [0, 0.1) is 0 Å². The van der Waals surface area contributed by atoms with Crippen LogP contribution >= 0.6 is 0 Å². The predicted molar refractivity (Wildman–Crippen MR) is 34.2 cm³/mol. The van der Waals surface area contributed by atoms with Crippen molar-refractivity contribution in [2.24, 2.45) is 5.73 Å².